The third-order valence-electron chi connectivity index (χ3n) is 2.29. The molecule has 1 fully saturated rings. The predicted molar refractivity (Wildman–Crippen MR) is 48.6 cm³/mol. The van der Waals surface area contributed by atoms with E-state index in [-0.39, 0.29) is 0 Å². The predicted octanol–water partition coefficient (Wildman–Crippen LogP) is -0.760. The van der Waals surface area contributed by atoms with E-state index in [2.05, 4.69) is 0 Å². The van der Waals surface area contributed by atoms with Crippen molar-refractivity contribution in [3.8, 4) is 0 Å². The maximum absolute atomic E-state index is 9.49. The first kappa shape index (κ1) is 11.9. The molecule has 5 nitrogen and oxygen atoms in total. The molecule has 84 valence electrons. The van der Waals surface area contributed by atoms with Crippen LogP contribution >= 0.6 is 0 Å². The molecule has 0 aromatic carbocycles. The van der Waals surface area contributed by atoms with Crippen molar-refractivity contribution in [1.82, 2.24) is 0 Å². The minimum Gasteiger partial charge on any atom is -0.388 e. The van der Waals surface area contributed by atoms with Gasteiger partial charge in [-0.2, -0.15) is 0 Å². The Morgan fingerprint density at radius 3 is 2.36 bits per heavy atom. The number of ether oxygens (including phenoxy) is 2. The molecule has 0 aliphatic carbocycles. The summed E-state index contributed by atoms with van der Waals surface area (Å²) < 4.78 is 10.4. The molecule has 1 aliphatic heterocycles. The average molecular weight is 206 g/mol. The van der Waals surface area contributed by atoms with E-state index in [1.54, 1.807) is 6.92 Å². The second-order valence-electron chi connectivity index (χ2n) is 3.55. The number of aliphatic hydroxyl groups excluding tert-OH is 3. The summed E-state index contributed by atoms with van der Waals surface area (Å²) in [4.78, 5) is 0. The Balaban J connectivity index is 2.52. The van der Waals surface area contributed by atoms with Crippen LogP contribution in [0.2, 0.25) is 0 Å². The van der Waals surface area contributed by atoms with E-state index in [9.17, 15) is 15.3 Å². The van der Waals surface area contributed by atoms with Crippen molar-refractivity contribution >= 4 is 0 Å². The van der Waals surface area contributed by atoms with Gasteiger partial charge in [0.25, 0.3) is 0 Å². The van der Waals surface area contributed by atoms with E-state index in [0.29, 0.717) is 6.61 Å². The maximum Gasteiger partial charge on any atom is 0.186 e. The second kappa shape index (κ2) is 5.04. The Morgan fingerprint density at radius 2 is 1.79 bits per heavy atom. The van der Waals surface area contributed by atoms with Gasteiger partial charge in [0.15, 0.2) is 6.29 Å². The van der Waals surface area contributed by atoms with Crippen LogP contribution in [0.15, 0.2) is 0 Å². The van der Waals surface area contributed by atoms with Gasteiger partial charge >= 0.3 is 0 Å². The molecule has 0 unspecified atom stereocenters. The first-order valence-corrected chi connectivity index (χ1v) is 4.89. The van der Waals surface area contributed by atoms with Gasteiger partial charge in [-0.1, -0.05) is 6.92 Å². The Hall–Kier alpha value is -0.200. The van der Waals surface area contributed by atoms with Crippen LogP contribution < -0.4 is 0 Å². The molecule has 0 amide bonds. The molecule has 1 aliphatic rings. The molecule has 0 bridgehead atoms. The highest BCUT2D eigenvalue weighted by Crippen LogP contribution is 2.21. The fourth-order valence-electron chi connectivity index (χ4n) is 1.39. The molecular formula is C9H18O5. The average Bonchev–Trinajstić information content (AvgIpc) is 2.18. The zero-order valence-corrected chi connectivity index (χ0v) is 8.46. The topological polar surface area (TPSA) is 79.2 Å². The number of hydrogen-bond acceptors (Lipinski definition) is 5. The summed E-state index contributed by atoms with van der Waals surface area (Å²) in [5, 5.41) is 28.3. The smallest absolute Gasteiger partial charge is 0.186 e. The lowest BCUT2D eigenvalue weighted by Gasteiger charge is -2.38. The van der Waals surface area contributed by atoms with Gasteiger partial charge in [0.1, 0.15) is 18.3 Å². The van der Waals surface area contributed by atoms with Crippen molar-refractivity contribution in [2.75, 3.05) is 6.61 Å². The van der Waals surface area contributed by atoms with Crippen molar-refractivity contribution < 1.29 is 24.8 Å². The van der Waals surface area contributed by atoms with Crippen LogP contribution in [0.5, 0.6) is 0 Å². The summed E-state index contributed by atoms with van der Waals surface area (Å²) in [5.74, 6) is 0. The van der Waals surface area contributed by atoms with Gasteiger partial charge in [-0.15, -0.1) is 0 Å². The third kappa shape index (κ3) is 2.43. The second-order valence-corrected chi connectivity index (χ2v) is 3.55. The van der Waals surface area contributed by atoms with E-state index in [4.69, 9.17) is 9.47 Å². The van der Waals surface area contributed by atoms with Crippen molar-refractivity contribution in [3.63, 3.8) is 0 Å². The van der Waals surface area contributed by atoms with Crippen LogP contribution in [-0.2, 0) is 9.47 Å². The van der Waals surface area contributed by atoms with E-state index in [0.717, 1.165) is 6.42 Å². The molecule has 0 aromatic rings. The molecule has 3 N–H and O–H groups in total. The summed E-state index contributed by atoms with van der Waals surface area (Å²) >= 11 is 0. The lowest BCUT2D eigenvalue weighted by atomic mass is 10.0. The molecule has 14 heavy (non-hydrogen) atoms. The molecule has 0 saturated carbocycles. The van der Waals surface area contributed by atoms with Crippen LogP contribution in [0.1, 0.15) is 20.3 Å². The Bertz CT molecular complexity index is 175. The molecule has 0 radical (unpaired) electrons. The summed E-state index contributed by atoms with van der Waals surface area (Å²) in [6.07, 6.45) is -4.03. The molecule has 1 rings (SSSR count). The Labute approximate surface area is 83.3 Å². The van der Waals surface area contributed by atoms with Crippen molar-refractivity contribution in [3.05, 3.63) is 0 Å². The monoisotopic (exact) mass is 206 g/mol. The molecule has 0 spiro atoms. The summed E-state index contributed by atoms with van der Waals surface area (Å²) in [6.45, 7) is 4.02. The van der Waals surface area contributed by atoms with Crippen LogP contribution in [0.4, 0.5) is 0 Å². The summed E-state index contributed by atoms with van der Waals surface area (Å²) in [6, 6.07) is 0. The third-order valence-corrected chi connectivity index (χ3v) is 2.29. The highest BCUT2D eigenvalue weighted by Gasteiger charge is 2.42. The zero-order chi connectivity index (χ0) is 10.7. The van der Waals surface area contributed by atoms with Gasteiger partial charge in [-0.25, -0.2) is 0 Å². The fraction of sp³-hybridized carbons (Fsp3) is 1.00. The first-order valence-electron chi connectivity index (χ1n) is 4.89. The van der Waals surface area contributed by atoms with Gasteiger partial charge in [-0.3, -0.25) is 0 Å². The van der Waals surface area contributed by atoms with Gasteiger partial charge in [0.05, 0.1) is 6.10 Å². The van der Waals surface area contributed by atoms with E-state index in [1.807, 2.05) is 6.92 Å². The van der Waals surface area contributed by atoms with Crippen molar-refractivity contribution in [2.24, 2.45) is 0 Å². The van der Waals surface area contributed by atoms with Crippen LogP contribution in [-0.4, -0.2) is 52.6 Å². The van der Waals surface area contributed by atoms with Crippen LogP contribution in [0.25, 0.3) is 0 Å². The SMILES string of the molecule is CCCO[C@@H]1O[C@H](C)[C@H](O)[C@H](O)[C@H]1O. The lowest BCUT2D eigenvalue weighted by molar-refractivity contribution is -0.293. The van der Waals surface area contributed by atoms with Gasteiger partial charge in [0, 0.05) is 6.61 Å². The highest BCUT2D eigenvalue weighted by molar-refractivity contribution is 4.86. The lowest BCUT2D eigenvalue weighted by Crippen LogP contribution is -2.57. The van der Waals surface area contributed by atoms with E-state index in [1.165, 1.54) is 0 Å². The van der Waals surface area contributed by atoms with Gasteiger partial charge in [0.2, 0.25) is 0 Å². The highest BCUT2D eigenvalue weighted by atomic mass is 16.7. The Morgan fingerprint density at radius 1 is 1.14 bits per heavy atom. The van der Waals surface area contributed by atoms with Crippen LogP contribution in [0.3, 0.4) is 0 Å². The molecule has 1 saturated heterocycles. The van der Waals surface area contributed by atoms with Crippen molar-refractivity contribution in [2.45, 2.75) is 51.0 Å². The quantitative estimate of drug-likeness (QED) is 0.565. The van der Waals surface area contributed by atoms with Crippen molar-refractivity contribution in [1.29, 1.82) is 0 Å². The first-order chi connectivity index (χ1) is 6.57. The molecule has 5 heteroatoms. The molecular weight excluding hydrogens is 188 g/mol. The molecule has 1 heterocycles. The fourth-order valence-corrected chi connectivity index (χ4v) is 1.39. The van der Waals surface area contributed by atoms with Gasteiger partial charge < -0.3 is 24.8 Å². The number of hydrogen-bond donors (Lipinski definition) is 3. The van der Waals surface area contributed by atoms with E-state index >= 15 is 0 Å². The minimum absolute atomic E-state index is 0.456. The van der Waals surface area contributed by atoms with Gasteiger partial charge in [-0.05, 0) is 13.3 Å². The zero-order valence-electron chi connectivity index (χ0n) is 8.46. The van der Waals surface area contributed by atoms with Crippen LogP contribution in [0, 0.1) is 0 Å². The number of rotatable bonds is 3. The summed E-state index contributed by atoms with van der Waals surface area (Å²) in [5.41, 5.74) is 0. The summed E-state index contributed by atoms with van der Waals surface area (Å²) in [7, 11) is 0. The maximum atomic E-state index is 9.49. The molecule has 5 atom stereocenters. The largest absolute Gasteiger partial charge is 0.388 e. The molecule has 0 aromatic heterocycles. The normalized spacial score (nSPS) is 43.9. The number of aliphatic hydroxyl groups is 3. The Kier molecular flexibility index (Phi) is 4.28. The minimum atomic E-state index is -1.21. The van der Waals surface area contributed by atoms with E-state index < -0.39 is 30.7 Å². The standard InChI is InChI=1S/C9H18O5/c1-3-4-13-9-8(12)7(11)6(10)5(2)14-9/h5-12H,3-4H2,1-2H3/t5-,6+,7+,8-,9-/m1/s1.